The van der Waals surface area contributed by atoms with Crippen LogP contribution in [0, 0.1) is 12.8 Å². The number of β-amino-alcohol motifs (C(OH)–C–C–N with tert-alkyl or cyclic N) is 1. The van der Waals surface area contributed by atoms with Gasteiger partial charge in [-0.15, -0.1) is 0 Å². The number of carbonyl (C=O) groups excluding carboxylic acids is 1. The average molecular weight is 401 g/mol. The summed E-state index contributed by atoms with van der Waals surface area (Å²) in [7, 11) is 1.63. The number of ether oxygens (including phenoxy) is 2. The third-order valence-electron chi connectivity index (χ3n) is 5.61. The van der Waals surface area contributed by atoms with Crippen LogP contribution in [0.15, 0.2) is 28.8 Å². The number of aliphatic hydroxyl groups is 1. The summed E-state index contributed by atoms with van der Waals surface area (Å²) < 4.78 is 16.2. The first-order valence-corrected chi connectivity index (χ1v) is 9.95. The van der Waals surface area contributed by atoms with Crippen molar-refractivity contribution < 1.29 is 23.9 Å². The number of likely N-dealkylation sites (tertiary alicyclic amines) is 1. The molecule has 3 heterocycles. The first kappa shape index (κ1) is 19.7. The minimum atomic E-state index is -0.582. The van der Waals surface area contributed by atoms with Crippen LogP contribution in [0.4, 0.5) is 5.69 Å². The predicted molar refractivity (Wildman–Crippen MR) is 106 cm³/mol. The van der Waals surface area contributed by atoms with Gasteiger partial charge in [-0.2, -0.15) is 0 Å². The Morgan fingerprint density at radius 3 is 2.76 bits per heavy atom. The number of aliphatic hydroxyl groups excluding tert-OH is 1. The molecular weight excluding hydrogens is 374 g/mol. The van der Waals surface area contributed by atoms with Crippen molar-refractivity contribution in [3.8, 4) is 5.75 Å². The van der Waals surface area contributed by atoms with Gasteiger partial charge in [-0.1, -0.05) is 5.16 Å². The minimum absolute atomic E-state index is 0.0664. The molecule has 29 heavy (non-hydrogen) atoms. The third kappa shape index (κ3) is 4.23. The van der Waals surface area contributed by atoms with Crippen LogP contribution in [0.1, 0.15) is 21.8 Å². The zero-order valence-electron chi connectivity index (χ0n) is 16.8. The topological polar surface area (TPSA) is 88.3 Å². The summed E-state index contributed by atoms with van der Waals surface area (Å²) in [6.07, 6.45) is -0.0192. The highest BCUT2D eigenvalue weighted by Gasteiger charge is 2.35. The van der Waals surface area contributed by atoms with Crippen molar-refractivity contribution in [2.24, 2.45) is 5.92 Å². The fourth-order valence-electron chi connectivity index (χ4n) is 4.05. The van der Waals surface area contributed by atoms with Gasteiger partial charge in [-0.05, 0) is 25.1 Å². The highest BCUT2D eigenvalue weighted by Crippen LogP contribution is 2.31. The standard InChI is InChI=1S/C21H27N3O5/c1-14-9-17(29-22-14)10-16-12-24(13-19(16)25)21(26)15-3-4-20(27-2)18(11-15)23-5-7-28-8-6-23/h3-4,9,11,16,19,25H,5-8,10,12-13H2,1-2H3/t16-,19-/m1/s1. The SMILES string of the molecule is COc1ccc(C(=O)N2C[C@@H](Cc3cc(C)no3)[C@H](O)C2)cc1N1CCOCC1. The quantitative estimate of drug-likeness (QED) is 0.812. The van der Waals surface area contributed by atoms with E-state index < -0.39 is 6.10 Å². The Morgan fingerprint density at radius 1 is 1.28 bits per heavy atom. The van der Waals surface area contributed by atoms with Crippen LogP contribution >= 0.6 is 0 Å². The summed E-state index contributed by atoms with van der Waals surface area (Å²) in [6.45, 7) is 5.49. The number of aryl methyl sites for hydroxylation is 1. The summed E-state index contributed by atoms with van der Waals surface area (Å²) in [6, 6.07) is 7.37. The molecule has 1 aromatic carbocycles. The minimum Gasteiger partial charge on any atom is -0.495 e. The highest BCUT2D eigenvalue weighted by atomic mass is 16.5. The van der Waals surface area contributed by atoms with Gasteiger partial charge < -0.3 is 28.9 Å². The number of rotatable bonds is 5. The van der Waals surface area contributed by atoms with E-state index in [1.165, 1.54) is 0 Å². The molecule has 0 saturated carbocycles. The number of hydrogen-bond donors (Lipinski definition) is 1. The monoisotopic (exact) mass is 401 g/mol. The van der Waals surface area contributed by atoms with Gasteiger partial charge in [0.1, 0.15) is 11.5 Å². The zero-order chi connectivity index (χ0) is 20.4. The van der Waals surface area contributed by atoms with Crippen molar-refractivity contribution in [3.63, 3.8) is 0 Å². The summed E-state index contributed by atoms with van der Waals surface area (Å²) >= 11 is 0. The average Bonchev–Trinajstić information content (AvgIpc) is 3.33. The van der Waals surface area contributed by atoms with Crippen LogP contribution < -0.4 is 9.64 Å². The number of carbonyl (C=O) groups is 1. The van der Waals surface area contributed by atoms with Crippen molar-refractivity contribution >= 4 is 11.6 Å². The van der Waals surface area contributed by atoms with E-state index in [9.17, 15) is 9.90 Å². The van der Waals surface area contributed by atoms with E-state index >= 15 is 0 Å². The number of nitrogens with zero attached hydrogens (tertiary/aromatic N) is 3. The molecule has 156 valence electrons. The number of amides is 1. The Hall–Kier alpha value is -2.58. The van der Waals surface area contributed by atoms with Gasteiger partial charge in [-0.25, -0.2) is 0 Å². The first-order chi connectivity index (χ1) is 14.0. The van der Waals surface area contributed by atoms with E-state index in [0.717, 1.165) is 36.0 Å². The number of anilines is 1. The van der Waals surface area contributed by atoms with E-state index in [0.29, 0.717) is 38.3 Å². The summed E-state index contributed by atoms with van der Waals surface area (Å²) in [5.74, 6) is 1.32. The molecule has 2 aliphatic heterocycles. The maximum atomic E-state index is 13.1. The lowest BCUT2D eigenvalue weighted by Gasteiger charge is -2.30. The van der Waals surface area contributed by atoms with Crippen molar-refractivity contribution in [3.05, 3.63) is 41.3 Å². The first-order valence-electron chi connectivity index (χ1n) is 9.95. The van der Waals surface area contributed by atoms with Crippen LogP contribution in [0.5, 0.6) is 5.75 Å². The normalized spacial score (nSPS) is 22.2. The Morgan fingerprint density at radius 2 is 2.07 bits per heavy atom. The van der Waals surface area contributed by atoms with E-state index in [2.05, 4.69) is 10.1 Å². The molecule has 0 unspecified atom stereocenters. The molecule has 4 rings (SSSR count). The Kier molecular flexibility index (Phi) is 5.73. The van der Waals surface area contributed by atoms with Crippen LogP contribution in [0.2, 0.25) is 0 Å². The van der Waals surface area contributed by atoms with Crippen LogP contribution in [-0.4, -0.2) is 73.7 Å². The lowest BCUT2D eigenvalue weighted by atomic mass is 10.0. The number of aromatic nitrogens is 1. The second-order valence-corrected chi connectivity index (χ2v) is 7.66. The Balaban J connectivity index is 1.49. The second kappa shape index (κ2) is 8.42. The Bertz CT molecular complexity index is 862. The van der Waals surface area contributed by atoms with Crippen LogP contribution in [-0.2, 0) is 11.2 Å². The van der Waals surface area contributed by atoms with Gasteiger partial charge in [0.05, 0.1) is 37.8 Å². The fourth-order valence-corrected chi connectivity index (χ4v) is 4.05. The van der Waals surface area contributed by atoms with E-state index in [4.69, 9.17) is 14.0 Å². The third-order valence-corrected chi connectivity index (χ3v) is 5.61. The van der Waals surface area contributed by atoms with E-state index in [1.807, 2.05) is 25.1 Å². The lowest BCUT2D eigenvalue weighted by molar-refractivity contribution is 0.0764. The molecule has 1 amide bonds. The molecule has 0 aliphatic carbocycles. The molecule has 0 radical (unpaired) electrons. The number of methoxy groups -OCH3 is 1. The molecule has 8 heteroatoms. The maximum absolute atomic E-state index is 13.1. The van der Waals surface area contributed by atoms with Crippen molar-refractivity contribution in [2.75, 3.05) is 51.4 Å². The molecule has 8 nitrogen and oxygen atoms in total. The maximum Gasteiger partial charge on any atom is 0.254 e. The van der Waals surface area contributed by atoms with Crippen molar-refractivity contribution in [1.29, 1.82) is 0 Å². The van der Waals surface area contributed by atoms with Gasteiger partial charge in [0.2, 0.25) is 0 Å². The lowest BCUT2D eigenvalue weighted by Crippen LogP contribution is -2.36. The smallest absolute Gasteiger partial charge is 0.254 e. The van der Waals surface area contributed by atoms with Gasteiger partial charge in [0.25, 0.3) is 5.91 Å². The summed E-state index contributed by atoms with van der Waals surface area (Å²) in [4.78, 5) is 17.0. The van der Waals surface area contributed by atoms with Gasteiger partial charge in [0.15, 0.2) is 0 Å². The molecular formula is C21H27N3O5. The zero-order valence-corrected chi connectivity index (χ0v) is 16.8. The fraction of sp³-hybridized carbons (Fsp3) is 0.524. The summed E-state index contributed by atoms with van der Waals surface area (Å²) in [5, 5.41) is 14.4. The predicted octanol–water partition coefficient (Wildman–Crippen LogP) is 1.50. The molecule has 1 aromatic heterocycles. The van der Waals surface area contributed by atoms with Gasteiger partial charge in [-0.3, -0.25) is 4.79 Å². The largest absolute Gasteiger partial charge is 0.495 e. The van der Waals surface area contributed by atoms with Crippen LogP contribution in [0.3, 0.4) is 0 Å². The van der Waals surface area contributed by atoms with Crippen LogP contribution in [0.25, 0.3) is 0 Å². The molecule has 0 bridgehead atoms. The van der Waals surface area contributed by atoms with E-state index in [1.54, 1.807) is 18.1 Å². The molecule has 2 saturated heterocycles. The Labute approximate surface area is 170 Å². The van der Waals surface area contributed by atoms with Crippen molar-refractivity contribution in [2.45, 2.75) is 19.4 Å². The molecule has 1 N–H and O–H groups in total. The molecule has 2 aliphatic rings. The number of morpholine rings is 1. The molecule has 2 fully saturated rings. The van der Waals surface area contributed by atoms with Gasteiger partial charge in [0, 0.05) is 50.1 Å². The summed E-state index contributed by atoms with van der Waals surface area (Å²) in [5.41, 5.74) is 2.31. The van der Waals surface area contributed by atoms with Gasteiger partial charge >= 0.3 is 0 Å². The second-order valence-electron chi connectivity index (χ2n) is 7.66. The highest BCUT2D eigenvalue weighted by molar-refractivity contribution is 5.96. The molecule has 2 atom stereocenters. The number of hydrogen-bond acceptors (Lipinski definition) is 7. The number of benzene rings is 1. The molecule has 2 aromatic rings. The van der Waals surface area contributed by atoms with Crippen molar-refractivity contribution in [1.82, 2.24) is 10.1 Å². The van der Waals surface area contributed by atoms with E-state index in [-0.39, 0.29) is 11.8 Å². The molecule has 0 spiro atoms.